The van der Waals surface area contributed by atoms with Gasteiger partial charge in [-0.1, -0.05) is 18.2 Å². The Balaban J connectivity index is 2.29. The van der Waals surface area contributed by atoms with Crippen LogP contribution < -0.4 is 10.6 Å². The number of rotatable bonds is 5. The lowest BCUT2D eigenvalue weighted by atomic mass is 10.1. The Morgan fingerprint density at radius 2 is 1.77 bits per heavy atom. The molecule has 116 valence electrons. The molecule has 2 N–H and O–H groups in total. The first-order chi connectivity index (χ1) is 10.5. The summed E-state index contributed by atoms with van der Waals surface area (Å²) in [4.78, 5) is 18.4. The molecule has 22 heavy (non-hydrogen) atoms. The van der Waals surface area contributed by atoms with Crippen molar-refractivity contribution in [3.05, 3.63) is 59.4 Å². The van der Waals surface area contributed by atoms with E-state index in [1.54, 1.807) is 19.3 Å². The maximum absolute atomic E-state index is 12.6. The largest absolute Gasteiger partial charge is 0.320 e. The van der Waals surface area contributed by atoms with Crippen LogP contribution in [0.1, 0.15) is 23.6 Å². The Kier molecular flexibility index (Phi) is 5.28. The molecule has 1 atom stereocenters. The third-order valence-electron chi connectivity index (χ3n) is 3.74. The second kappa shape index (κ2) is 7.18. The van der Waals surface area contributed by atoms with Crippen molar-refractivity contribution < 1.29 is 4.79 Å². The minimum absolute atomic E-state index is 0.0496. The fourth-order valence-electron chi connectivity index (χ4n) is 2.60. The molecule has 1 aromatic carbocycles. The SMILES string of the molecule is Cc1cccc(C)c1N(CCc1ccncc1)C(=O)C(C)N. The van der Waals surface area contributed by atoms with Crippen molar-refractivity contribution in [3.63, 3.8) is 0 Å². The van der Waals surface area contributed by atoms with Gasteiger partial charge >= 0.3 is 0 Å². The summed E-state index contributed by atoms with van der Waals surface area (Å²) in [6.45, 7) is 6.39. The molecule has 0 fully saturated rings. The molecule has 1 heterocycles. The summed E-state index contributed by atoms with van der Waals surface area (Å²) in [5, 5.41) is 0. The van der Waals surface area contributed by atoms with Crippen LogP contribution in [0, 0.1) is 13.8 Å². The summed E-state index contributed by atoms with van der Waals surface area (Å²) < 4.78 is 0. The summed E-state index contributed by atoms with van der Waals surface area (Å²) in [6.07, 6.45) is 4.31. The van der Waals surface area contributed by atoms with Crippen LogP contribution in [0.4, 0.5) is 5.69 Å². The number of nitrogens with two attached hydrogens (primary N) is 1. The fraction of sp³-hybridized carbons (Fsp3) is 0.333. The van der Waals surface area contributed by atoms with E-state index < -0.39 is 6.04 Å². The molecule has 2 rings (SSSR count). The van der Waals surface area contributed by atoms with Crippen LogP contribution in [-0.4, -0.2) is 23.5 Å². The van der Waals surface area contributed by atoms with Gasteiger partial charge in [-0.2, -0.15) is 0 Å². The van der Waals surface area contributed by atoms with Crippen LogP contribution in [0.3, 0.4) is 0 Å². The van der Waals surface area contributed by atoms with Crippen LogP contribution in [0.25, 0.3) is 0 Å². The van der Waals surface area contributed by atoms with E-state index in [0.29, 0.717) is 6.54 Å². The number of para-hydroxylation sites is 1. The first kappa shape index (κ1) is 16.2. The standard InChI is InChI=1S/C18H23N3O/c1-13-5-4-6-14(2)17(13)21(18(22)15(3)19)12-9-16-7-10-20-11-8-16/h4-8,10-11,15H,9,12,19H2,1-3H3. The van der Waals surface area contributed by atoms with Crippen molar-refractivity contribution >= 4 is 11.6 Å². The van der Waals surface area contributed by atoms with Crippen LogP contribution in [0.15, 0.2) is 42.7 Å². The molecule has 0 saturated heterocycles. The number of hydrogen-bond donors (Lipinski definition) is 1. The van der Waals surface area contributed by atoms with Crippen LogP contribution in [-0.2, 0) is 11.2 Å². The topological polar surface area (TPSA) is 59.2 Å². The van der Waals surface area contributed by atoms with Gasteiger partial charge in [0.15, 0.2) is 0 Å². The molecule has 1 aromatic heterocycles. The second-order valence-electron chi connectivity index (χ2n) is 5.62. The van der Waals surface area contributed by atoms with Crippen molar-refractivity contribution in [2.75, 3.05) is 11.4 Å². The Hall–Kier alpha value is -2.20. The predicted octanol–water partition coefficient (Wildman–Crippen LogP) is 2.62. The zero-order valence-electron chi connectivity index (χ0n) is 13.4. The first-order valence-corrected chi connectivity index (χ1v) is 7.52. The van der Waals surface area contributed by atoms with Gasteiger partial charge < -0.3 is 10.6 Å². The summed E-state index contributed by atoms with van der Waals surface area (Å²) in [7, 11) is 0. The highest BCUT2D eigenvalue weighted by Gasteiger charge is 2.21. The van der Waals surface area contributed by atoms with Crippen molar-refractivity contribution in [1.82, 2.24) is 4.98 Å². The van der Waals surface area contributed by atoms with Crippen LogP contribution >= 0.6 is 0 Å². The van der Waals surface area contributed by atoms with Gasteiger partial charge in [0.05, 0.1) is 6.04 Å². The molecule has 1 amide bonds. The number of aryl methyl sites for hydroxylation is 2. The van der Waals surface area contributed by atoms with Gasteiger partial charge in [-0.3, -0.25) is 9.78 Å². The molecular formula is C18H23N3O. The number of carbonyl (C=O) groups is 1. The number of aromatic nitrogens is 1. The molecule has 1 unspecified atom stereocenters. The predicted molar refractivity (Wildman–Crippen MR) is 89.9 cm³/mol. The number of carbonyl (C=O) groups excluding carboxylic acids is 1. The quantitative estimate of drug-likeness (QED) is 0.923. The van der Waals surface area contributed by atoms with Crippen LogP contribution in [0.5, 0.6) is 0 Å². The zero-order chi connectivity index (χ0) is 16.1. The van der Waals surface area contributed by atoms with Crippen molar-refractivity contribution in [1.29, 1.82) is 0 Å². The smallest absolute Gasteiger partial charge is 0.243 e. The maximum atomic E-state index is 12.6. The minimum atomic E-state index is -0.517. The van der Waals surface area contributed by atoms with Crippen molar-refractivity contribution in [3.8, 4) is 0 Å². The number of nitrogens with zero attached hydrogens (tertiary/aromatic N) is 2. The monoisotopic (exact) mass is 297 g/mol. The highest BCUT2D eigenvalue weighted by molar-refractivity contribution is 5.98. The van der Waals surface area contributed by atoms with E-state index in [-0.39, 0.29) is 5.91 Å². The number of hydrogen-bond acceptors (Lipinski definition) is 3. The molecule has 0 saturated carbocycles. The lowest BCUT2D eigenvalue weighted by molar-refractivity contribution is -0.119. The van der Waals surface area contributed by atoms with Gasteiger partial charge in [-0.25, -0.2) is 0 Å². The molecule has 0 aliphatic rings. The Bertz CT molecular complexity index is 618. The van der Waals surface area contributed by atoms with Crippen molar-refractivity contribution in [2.24, 2.45) is 5.73 Å². The van der Waals surface area contributed by atoms with Gasteiger partial charge in [0.1, 0.15) is 0 Å². The Morgan fingerprint density at radius 3 is 2.32 bits per heavy atom. The fourth-order valence-corrected chi connectivity index (χ4v) is 2.60. The molecule has 4 heteroatoms. The molecule has 0 radical (unpaired) electrons. The summed E-state index contributed by atoms with van der Waals surface area (Å²) in [5.41, 5.74) is 10.1. The van der Waals surface area contributed by atoms with E-state index in [1.807, 2.05) is 49.1 Å². The first-order valence-electron chi connectivity index (χ1n) is 7.52. The van der Waals surface area contributed by atoms with E-state index in [1.165, 1.54) is 0 Å². The third kappa shape index (κ3) is 3.71. The molecule has 0 spiro atoms. The lowest BCUT2D eigenvalue weighted by Gasteiger charge is -2.28. The molecule has 0 aliphatic carbocycles. The van der Waals surface area contributed by atoms with E-state index in [9.17, 15) is 4.79 Å². The van der Waals surface area contributed by atoms with Gasteiger partial charge in [0.25, 0.3) is 0 Å². The van der Waals surface area contributed by atoms with E-state index in [4.69, 9.17) is 5.73 Å². The summed E-state index contributed by atoms with van der Waals surface area (Å²) in [6, 6.07) is 9.48. The molecule has 0 bridgehead atoms. The Morgan fingerprint density at radius 1 is 1.18 bits per heavy atom. The number of benzene rings is 1. The molecule has 0 aliphatic heterocycles. The zero-order valence-corrected chi connectivity index (χ0v) is 13.4. The van der Waals surface area contributed by atoms with Crippen LogP contribution in [0.2, 0.25) is 0 Å². The lowest BCUT2D eigenvalue weighted by Crippen LogP contribution is -2.43. The Labute approximate surface area is 132 Å². The maximum Gasteiger partial charge on any atom is 0.243 e. The number of pyridine rings is 1. The second-order valence-corrected chi connectivity index (χ2v) is 5.62. The van der Waals surface area contributed by atoms with Gasteiger partial charge in [0.2, 0.25) is 5.91 Å². The third-order valence-corrected chi connectivity index (χ3v) is 3.74. The highest BCUT2D eigenvalue weighted by Crippen LogP contribution is 2.25. The minimum Gasteiger partial charge on any atom is -0.320 e. The number of amides is 1. The van der Waals surface area contributed by atoms with Crippen molar-refractivity contribution in [2.45, 2.75) is 33.2 Å². The van der Waals surface area contributed by atoms with Gasteiger partial charge in [0, 0.05) is 24.6 Å². The average Bonchev–Trinajstić information content (AvgIpc) is 2.50. The number of anilines is 1. The normalized spacial score (nSPS) is 12.0. The molecule has 2 aromatic rings. The highest BCUT2D eigenvalue weighted by atomic mass is 16.2. The molecular weight excluding hydrogens is 274 g/mol. The van der Waals surface area contributed by atoms with E-state index >= 15 is 0 Å². The summed E-state index contributed by atoms with van der Waals surface area (Å²) >= 11 is 0. The van der Waals surface area contributed by atoms with Gasteiger partial charge in [-0.15, -0.1) is 0 Å². The van der Waals surface area contributed by atoms with E-state index in [2.05, 4.69) is 4.98 Å². The van der Waals surface area contributed by atoms with E-state index in [0.717, 1.165) is 28.8 Å². The average molecular weight is 297 g/mol. The molecule has 4 nitrogen and oxygen atoms in total. The summed E-state index contributed by atoms with van der Waals surface area (Å²) in [5.74, 6) is -0.0496. The van der Waals surface area contributed by atoms with Gasteiger partial charge in [-0.05, 0) is 56.0 Å².